The number of hydrogen-bond donors (Lipinski definition) is 0. The van der Waals surface area contributed by atoms with Gasteiger partial charge in [-0.15, -0.1) is 0 Å². The third kappa shape index (κ3) is 2.21. The standard InChI is InChI=1S/C21H19F/c22-19-10-8-16(9-11-19)18-14-20(17-6-2-1-3-7-17)21(15-18)12-4-5-13-21/h1-3,6-11,14-15H,4-5,12-13H2. The lowest BCUT2D eigenvalue weighted by atomic mass is 9.78. The van der Waals surface area contributed by atoms with E-state index in [-0.39, 0.29) is 11.2 Å². The number of halogens is 1. The summed E-state index contributed by atoms with van der Waals surface area (Å²) in [4.78, 5) is 0. The third-order valence-corrected chi connectivity index (χ3v) is 5.03. The molecule has 22 heavy (non-hydrogen) atoms. The molecule has 0 radical (unpaired) electrons. The van der Waals surface area contributed by atoms with Crippen molar-refractivity contribution in [2.45, 2.75) is 25.7 Å². The molecule has 2 aromatic rings. The minimum Gasteiger partial charge on any atom is -0.207 e. The van der Waals surface area contributed by atoms with Crippen LogP contribution in [0.5, 0.6) is 0 Å². The van der Waals surface area contributed by atoms with Crippen molar-refractivity contribution in [1.82, 2.24) is 0 Å². The summed E-state index contributed by atoms with van der Waals surface area (Å²) in [6.07, 6.45) is 9.76. The van der Waals surface area contributed by atoms with Gasteiger partial charge < -0.3 is 0 Å². The van der Waals surface area contributed by atoms with E-state index in [0.717, 1.165) is 5.56 Å². The van der Waals surface area contributed by atoms with Gasteiger partial charge in [-0.25, -0.2) is 4.39 Å². The molecule has 0 atom stereocenters. The van der Waals surface area contributed by atoms with Gasteiger partial charge in [0, 0.05) is 5.41 Å². The Morgan fingerprint density at radius 2 is 1.45 bits per heavy atom. The highest BCUT2D eigenvalue weighted by Crippen LogP contribution is 2.54. The molecule has 0 bridgehead atoms. The van der Waals surface area contributed by atoms with Crippen molar-refractivity contribution in [3.05, 3.63) is 83.7 Å². The van der Waals surface area contributed by atoms with Gasteiger partial charge in [0.1, 0.15) is 5.82 Å². The molecule has 110 valence electrons. The van der Waals surface area contributed by atoms with Crippen LogP contribution in [0.2, 0.25) is 0 Å². The molecule has 1 fully saturated rings. The van der Waals surface area contributed by atoms with Gasteiger partial charge in [-0.2, -0.15) is 0 Å². The first-order chi connectivity index (χ1) is 10.8. The fourth-order valence-corrected chi connectivity index (χ4v) is 3.93. The Bertz CT molecular complexity index is 729. The van der Waals surface area contributed by atoms with E-state index in [0.29, 0.717) is 0 Å². The summed E-state index contributed by atoms with van der Waals surface area (Å²) in [5.41, 5.74) is 5.28. The van der Waals surface area contributed by atoms with Crippen molar-refractivity contribution in [3.8, 4) is 0 Å². The molecule has 0 nitrogen and oxygen atoms in total. The number of allylic oxidation sites excluding steroid dienone is 4. The van der Waals surface area contributed by atoms with Crippen molar-refractivity contribution < 1.29 is 4.39 Å². The molecule has 4 rings (SSSR count). The first kappa shape index (κ1) is 13.5. The molecule has 0 unspecified atom stereocenters. The summed E-state index contributed by atoms with van der Waals surface area (Å²) in [5.74, 6) is -0.176. The maximum absolute atomic E-state index is 13.2. The van der Waals surface area contributed by atoms with Gasteiger partial charge in [-0.3, -0.25) is 0 Å². The van der Waals surface area contributed by atoms with E-state index in [4.69, 9.17) is 0 Å². The van der Waals surface area contributed by atoms with Gasteiger partial charge in [0.2, 0.25) is 0 Å². The van der Waals surface area contributed by atoms with Crippen LogP contribution in [0.25, 0.3) is 11.1 Å². The van der Waals surface area contributed by atoms with E-state index in [2.05, 4.69) is 42.5 Å². The Labute approximate surface area is 131 Å². The van der Waals surface area contributed by atoms with Crippen molar-refractivity contribution >= 4 is 11.1 Å². The van der Waals surface area contributed by atoms with E-state index in [1.54, 1.807) is 12.1 Å². The van der Waals surface area contributed by atoms with Gasteiger partial charge in [0.25, 0.3) is 0 Å². The lowest BCUT2D eigenvalue weighted by Crippen LogP contribution is -2.12. The average molecular weight is 290 g/mol. The fourth-order valence-electron chi connectivity index (χ4n) is 3.93. The molecule has 1 heteroatoms. The Balaban J connectivity index is 1.80. The SMILES string of the molecule is Fc1ccc(C2=CC3(CCCC3)C(c3ccccc3)=C2)cc1. The number of rotatable bonds is 2. The van der Waals surface area contributed by atoms with E-state index >= 15 is 0 Å². The summed E-state index contributed by atoms with van der Waals surface area (Å²) in [5, 5.41) is 0. The Hall–Kier alpha value is -2.15. The molecule has 0 saturated heterocycles. The monoisotopic (exact) mass is 290 g/mol. The molecule has 0 N–H and O–H groups in total. The lowest BCUT2D eigenvalue weighted by molar-refractivity contribution is 0.543. The summed E-state index contributed by atoms with van der Waals surface area (Å²) < 4.78 is 13.2. The minimum absolute atomic E-state index is 0.176. The highest BCUT2D eigenvalue weighted by molar-refractivity contribution is 5.92. The zero-order valence-corrected chi connectivity index (χ0v) is 12.6. The molecule has 0 heterocycles. The van der Waals surface area contributed by atoms with Gasteiger partial charge >= 0.3 is 0 Å². The van der Waals surface area contributed by atoms with Gasteiger partial charge in [0.15, 0.2) is 0 Å². The maximum Gasteiger partial charge on any atom is 0.123 e. The van der Waals surface area contributed by atoms with Crippen LogP contribution in [0.1, 0.15) is 36.8 Å². The van der Waals surface area contributed by atoms with Crippen LogP contribution < -0.4 is 0 Å². The fraction of sp³-hybridized carbons (Fsp3) is 0.238. The normalized spacial score (nSPS) is 19.3. The average Bonchev–Trinajstić information content (AvgIpc) is 3.17. The first-order valence-corrected chi connectivity index (χ1v) is 8.03. The van der Waals surface area contributed by atoms with Crippen LogP contribution in [-0.2, 0) is 0 Å². The molecule has 0 aromatic heterocycles. The first-order valence-electron chi connectivity index (χ1n) is 8.03. The highest BCUT2D eigenvalue weighted by Gasteiger charge is 2.39. The van der Waals surface area contributed by atoms with Crippen LogP contribution in [0, 0.1) is 11.2 Å². The topological polar surface area (TPSA) is 0 Å². The minimum atomic E-state index is -0.176. The summed E-state index contributed by atoms with van der Waals surface area (Å²) in [6.45, 7) is 0. The van der Waals surface area contributed by atoms with Crippen molar-refractivity contribution in [2.24, 2.45) is 5.41 Å². The predicted molar refractivity (Wildman–Crippen MR) is 89.7 cm³/mol. The predicted octanol–water partition coefficient (Wildman–Crippen LogP) is 5.87. The molecule has 2 aliphatic rings. The molecular weight excluding hydrogens is 271 g/mol. The van der Waals surface area contributed by atoms with Crippen molar-refractivity contribution in [1.29, 1.82) is 0 Å². The van der Waals surface area contributed by atoms with Gasteiger partial charge in [-0.05, 0) is 53.3 Å². The Morgan fingerprint density at radius 1 is 0.773 bits per heavy atom. The van der Waals surface area contributed by atoms with Crippen molar-refractivity contribution in [3.63, 3.8) is 0 Å². The third-order valence-electron chi connectivity index (χ3n) is 5.03. The highest BCUT2D eigenvalue weighted by atomic mass is 19.1. The smallest absolute Gasteiger partial charge is 0.123 e. The second-order valence-corrected chi connectivity index (χ2v) is 6.39. The molecular formula is C21H19F. The van der Waals surface area contributed by atoms with E-state index in [1.807, 2.05) is 12.1 Å². The second kappa shape index (κ2) is 5.24. The molecule has 1 saturated carbocycles. The maximum atomic E-state index is 13.2. The van der Waals surface area contributed by atoms with Gasteiger partial charge in [-0.1, -0.05) is 61.4 Å². The second-order valence-electron chi connectivity index (χ2n) is 6.39. The molecule has 1 spiro atoms. The lowest BCUT2D eigenvalue weighted by Gasteiger charge is -2.25. The zero-order chi connectivity index (χ0) is 15.0. The van der Waals surface area contributed by atoms with E-state index in [9.17, 15) is 4.39 Å². The summed E-state index contributed by atoms with van der Waals surface area (Å²) in [7, 11) is 0. The van der Waals surface area contributed by atoms with Crippen LogP contribution in [0.4, 0.5) is 4.39 Å². The Morgan fingerprint density at radius 3 is 2.14 bits per heavy atom. The molecule has 2 aromatic carbocycles. The number of benzene rings is 2. The van der Waals surface area contributed by atoms with Crippen LogP contribution in [0.3, 0.4) is 0 Å². The largest absolute Gasteiger partial charge is 0.207 e. The zero-order valence-electron chi connectivity index (χ0n) is 12.6. The molecule has 2 aliphatic carbocycles. The van der Waals surface area contributed by atoms with E-state index < -0.39 is 0 Å². The Kier molecular flexibility index (Phi) is 3.22. The van der Waals surface area contributed by atoms with Gasteiger partial charge in [0.05, 0.1) is 0 Å². The van der Waals surface area contributed by atoms with Crippen molar-refractivity contribution in [2.75, 3.05) is 0 Å². The quantitative estimate of drug-likeness (QED) is 0.649. The molecule has 0 aliphatic heterocycles. The number of hydrogen-bond acceptors (Lipinski definition) is 0. The summed E-state index contributed by atoms with van der Waals surface area (Å²) in [6, 6.07) is 17.5. The van der Waals surface area contributed by atoms with Crippen LogP contribution in [0.15, 0.2) is 66.7 Å². The molecule has 0 amide bonds. The van der Waals surface area contributed by atoms with Crippen LogP contribution >= 0.6 is 0 Å². The van der Waals surface area contributed by atoms with E-state index in [1.165, 1.54) is 42.4 Å². The van der Waals surface area contributed by atoms with Crippen LogP contribution in [-0.4, -0.2) is 0 Å². The summed E-state index contributed by atoms with van der Waals surface area (Å²) >= 11 is 0.